The van der Waals surface area contributed by atoms with E-state index in [1.165, 1.54) is 4.90 Å². The monoisotopic (exact) mass is 315 g/mol. The number of benzene rings is 2. The number of hydrogen-bond acceptors (Lipinski definition) is 4. The smallest absolute Gasteiger partial charge is 0.414 e. The number of phenols is 1. The molecule has 0 aliphatic carbocycles. The second kappa shape index (κ2) is 5.42. The van der Waals surface area contributed by atoms with Crippen LogP contribution in [0.5, 0.6) is 5.75 Å². The van der Waals surface area contributed by atoms with E-state index >= 15 is 0 Å². The molecular weight excluding hydrogens is 294 g/mol. The van der Waals surface area contributed by atoms with Gasteiger partial charge in [-0.15, -0.1) is 0 Å². The number of fused-ring (bicyclic) bond motifs is 3. The number of nitrogens with zero attached hydrogens (tertiary/aromatic N) is 1. The lowest BCUT2D eigenvalue weighted by Gasteiger charge is -2.34. The number of carbonyl (C=O) groups excluding carboxylic acids is 1. The molecule has 0 spiro atoms. The lowest BCUT2D eigenvalue weighted by Crippen LogP contribution is -2.45. The number of aliphatic hydroxyl groups is 1. The lowest BCUT2D eigenvalue weighted by atomic mass is 9.93. The fraction of sp³-hybridized carbons (Fsp3) is 0.389. The summed E-state index contributed by atoms with van der Waals surface area (Å²) in [6, 6.07) is 9.01. The highest BCUT2D eigenvalue weighted by Gasteiger charge is 2.32. The summed E-state index contributed by atoms with van der Waals surface area (Å²) in [4.78, 5) is 13.9. The van der Waals surface area contributed by atoms with Crippen LogP contribution in [0, 0.1) is 0 Å². The Morgan fingerprint density at radius 1 is 1.26 bits per heavy atom. The summed E-state index contributed by atoms with van der Waals surface area (Å²) in [6.07, 6.45) is -0.745. The molecule has 0 saturated heterocycles. The highest BCUT2D eigenvalue weighted by molar-refractivity contribution is 6.00. The third-order valence-corrected chi connectivity index (χ3v) is 3.85. The van der Waals surface area contributed by atoms with E-state index in [4.69, 9.17) is 4.74 Å². The third-order valence-electron chi connectivity index (χ3n) is 3.85. The van der Waals surface area contributed by atoms with Crippen LogP contribution in [-0.2, 0) is 11.2 Å². The van der Waals surface area contributed by atoms with E-state index in [9.17, 15) is 15.0 Å². The standard InChI is InChI=1S/C18H21NO4/c1-18(2,3)23-17(22)19-10-11(20)8-14-12-6-4-5-7-13(12)16(21)9-15(14)19/h4-7,9,11,20-21H,8,10H2,1-3H3/t11-/m0/s1. The normalized spacial score (nSPS) is 17.9. The summed E-state index contributed by atoms with van der Waals surface area (Å²) in [7, 11) is 0. The number of anilines is 1. The van der Waals surface area contributed by atoms with Gasteiger partial charge in [-0.3, -0.25) is 4.90 Å². The number of carbonyl (C=O) groups is 1. The van der Waals surface area contributed by atoms with Gasteiger partial charge in [0.2, 0.25) is 0 Å². The van der Waals surface area contributed by atoms with Gasteiger partial charge in [0, 0.05) is 17.9 Å². The van der Waals surface area contributed by atoms with Crippen molar-refractivity contribution in [2.45, 2.75) is 38.9 Å². The van der Waals surface area contributed by atoms with Crippen LogP contribution in [0.4, 0.5) is 10.5 Å². The molecule has 3 rings (SSSR count). The van der Waals surface area contributed by atoms with Gasteiger partial charge in [0.05, 0.1) is 18.3 Å². The Morgan fingerprint density at radius 3 is 2.57 bits per heavy atom. The van der Waals surface area contributed by atoms with Gasteiger partial charge in [-0.25, -0.2) is 4.79 Å². The van der Waals surface area contributed by atoms with E-state index < -0.39 is 17.8 Å². The molecule has 0 saturated carbocycles. The molecule has 0 radical (unpaired) electrons. The summed E-state index contributed by atoms with van der Waals surface area (Å²) in [5.41, 5.74) is 0.821. The van der Waals surface area contributed by atoms with Crippen molar-refractivity contribution in [3.63, 3.8) is 0 Å². The third kappa shape index (κ3) is 2.97. The number of rotatable bonds is 0. The van der Waals surface area contributed by atoms with Crippen LogP contribution >= 0.6 is 0 Å². The summed E-state index contributed by atoms with van der Waals surface area (Å²) >= 11 is 0. The first-order valence-corrected chi connectivity index (χ1v) is 7.68. The number of phenolic OH excluding ortho intramolecular Hbond substituents is 1. The second-order valence-corrected chi connectivity index (χ2v) is 6.89. The molecule has 1 heterocycles. The van der Waals surface area contributed by atoms with Crippen LogP contribution in [-0.4, -0.2) is 34.6 Å². The zero-order chi connectivity index (χ0) is 16.8. The zero-order valence-corrected chi connectivity index (χ0v) is 13.5. The lowest BCUT2D eigenvalue weighted by molar-refractivity contribution is 0.0549. The Morgan fingerprint density at radius 2 is 1.91 bits per heavy atom. The number of aromatic hydroxyl groups is 1. The summed E-state index contributed by atoms with van der Waals surface area (Å²) in [5.74, 6) is 0.115. The van der Waals surface area contributed by atoms with Crippen LogP contribution < -0.4 is 4.90 Å². The van der Waals surface area contributed by atoms with Crippen LogP contribution in [0.3, 0.4) is 0 Å². The molecule has 1 aliphatic rings. The number of β-amino-alcohol motifs (C(OH)–C–C–N with tert-alkyl or cyclic N) is 1. The average molecular weight is 315 g/mol. The molecule has 0 unspecified atom stereocenters. The fourth-order valence-corrected chi connectivity index (χ4v) is 2.96. The molecule has 0 aromatic heterocycles. The summed E-state index contributed by atoms with van der Waals surface area (Å²) in [5, 5.41) is 22.0. The molecule has 2 aromatic rings. The molecule has 122 valence electrons. The topological polar surface area (TPSA) is 70.0 Å². The molecule has 2 N–H and O–H groups in total. The van der Waals surface area contributed by atoms with Crippen molar-refractivity contribution < 1.29 is 19.7 Å². The van der Waals surface area contributed by atoms with Gasteiger partial charge in [0.15, 0.2) is 0 Å². The van der Waals surface area contributed by atoms with E-state index in [1.807, 2.05) is 24.3 Å². The first kappa shape index (κ1) is 15.6. The van der Waals surface area contributed by atoms with Crippen molar-refractivity contribution in [1.29, 1.82) is 0 Å². The van der Waals surface area contributed by atoms with Gasteiger partial charge in [0.25, 0.3) is 0 Å². The average Bonchev–Trinajstić information content (AvgIpc) is 2.46. The SMILES string of the molecule is CC(C)(C)OC(=O)N1C[C@@H](O)Cc2c1cc(O)c1ccccc21. The van der Waals surface area contributed by atoms with Crippen molar-refractivity contribution in [2.75, 3.05) is 11.4 Å². The van der Waals surface area contributed by atoms with Gasteiger partial charge in [-0.05, 0) is 31.7 Å². The minimum absolute atomic E-state index is 0.115. The fourth-order valence-electron chi connectivity index (χ4n) is 2.96. The maximum Gasteiger partial charge on any atom is 0.414 e. The van der Waals surface area contributed by atoms with E-state index in [-0.39, 0.29) is 12.3 Å². The van der Waals surface area contributed by atoms with E-state index in [2.05, 4.69) is 0 Å². The first-order valence-electron chi connectivity index (χ1n) is 7.68. The predicted octanol–water partition coefficient (Wildman–Crippen LogP) is 3.20. The van der Waals surface area contributed by atoms with E-state index in [0.717, 1.165) is 10.9 Å². The minimum atomic E-state index is -0.664. The van der Waals surface area contributed by atoms with Gasteiger partial charge in [-0.1, -0.05) is 24.3 Å². The Labute approximate surface area is 135 Å². The molecule has 5 nitrogen and oxygen atoms in total. The summed E-state index contributed by atoms with van der Waals surface area (Å²) < 4.78 is 5.43. The molecule has 23 heavy (non-hydrogen) atoms. The molecule has 1 amide bonds. The molecule has 0 fully saturated rings. The first-order chi connectivity index (χ1) is 10.8. The van der Waals surface area contributed by atoms with Crippen molar-refractivity contribution in [3.05, 3.63) is 35.9 Å². The molecule has 2 aromatic carbocycles. The zero-order valence-electron chi connectivity index (χ0n) is 13.5. The van der Waals surface area contributed by atoms with Gasteiger partial charge < -0.3 is 14.9 Å². The van der Waals surface area contributed by atoms with Crippen molar-refractivity contribution in [3.8, 4) is 5.75 Å². The minimum Gasteiger partial charge on any atom is -0.507 e. The van der Waals surface area contributed by atoms with Crippen molar-refractivity contribution >= 4 is 22.6 Å². The van der Waals surface area contributed by atoms with Gasteiger partial charge in [-0.2, -0.15) is 0 Å². The van der Waals surface area contributed by atoms with E-state index in [0.29, 0.717) is 17.5 Å². The van der Waals surface area contributed by atoms with Gasteiger partial charge >= 0.3 is 6.09 Å². The molecule has 5 heteroatoms. The number of amides is 1. The molecule has 1 aliphatic heterocycles. The number of aliphatic hydroxyl groups excluding tert-OH is 1. The molecule has 1 atom stereocenters. The molecular formula is C18H21NO4. The Bertz CT molecular complexity index is 763. The second-order valence-electron chi connectivity index (χ2n) is 6.89. The Hall–Kier alpha value is -2.27. The van der Waals surface area contributed by atoms with Crippen LogP contribution in [0.1, 0.15) is 26.3 Å². The van der Waals surface area contributed by atoms with Gasteiger partial charge in [0.1, 0.15) is 11.4 Å². The quantitative estimate of drug-likeness (QED) is 0.783. The largest absolute Gasteiger partial charge is 0.507 e. The predicted molar refractivity (Wildman–Crippen MR) is 88.9 cm³/mol. The van der Waals surface area contributed by atoms with E-state index in [1.54, 1.807) is 26.8 Å². The Kier molecular flexibility index (Phi) is 3.68. The number of hydrogen-bond donors (Lipinski definition) is 2. The maximum atomic E-state index is 12.5. The maximum absolute atomic E-state index is 12.5. The van der Waals surface area contributed by atoms with Crippen molar-refractivity contribution in [1.82, 2.24) is 0 Å². The highest BCUT2D eigenvalue weighted by Crippen LogP contribution is 2.39. The number of ether oxygens (including phenoxy) is 1. The van der Waals surface area contributed by atoms with Crippen LogP contribution in [0.25, 0.3) is 10.8 Å². The Balaban J connectivity index is 2.12. The molecule has 0 bridgehead atoms. The van der Waals surface area contributed by atoms with Crippen LogP contribution in [0.2, 0.25) is 0 Å². The summed E-state index contributed by atoms with van der Waals surface area (Å²) in [6.45, 7) is 5.54. The van der Waals surface area contributed by atoms with Crippen LogP contribution in [0.15, 0.2) is 30.3 Å². The highest BCUT2D eigenvalue weighted by atomic mass is 16.6. The van der Waals surface area contributed by atoms with Crippen molar-refractivity contribution in [2.24, 2.45) is 0 Å².